The fourth-order valence-electron chi connectivity index (χ4n) is 8.48. The van der Waals surface area contributed by atoms with Crippen LogP contribution in [0, 0.1) is 0 Å². The van der Waals surface area contributed by atoms with Gasteiger partial charge in [0.25, 0.3) is 7.82 Å². The van der Waals surface area contributed by atoms with E-state index in [0.717, 1.165) is 44.9 Å². The van der Waals surface area contributed by atoms with Gasteiger partial charge in [-0.05, 0) is 44.9 Å². The molecule has 0 bridgehead atoms. The van der Waals surface area contributed by atoms with Crippen LogP contribution in [0.3, 0.4) is 0 Å². The second-order valence-electron chi connectivity index (χ2n) is 20.6. The quantitative estimate of drug-likeness (QED) is 0.0272. The van der Waals surface area contributed by atoms with Gasteiger partial charge >= 0.3 is 0 Å². The van der Waals surface area contributed by atoms with Gasteiger partial charge in [-0.15, -0.1) is 0 Å². The van der Waals surface area contributed by atoms with E-state index in [0.29, 0.717) is 23.9 Å². The minimum Gasteiger partial charge on any atom is -0.756 e. The van der Waals surface area contributed by atoms with E-state index >= 15 is 0 Å². The standard InChI is InChI=1S/C56H111N2O6P/c1-6-8-10-12-14-16-18-20-22-23-24-25-26-27-28-29-30-31-32-33-34-35-36-38-40-42-44-46-48-50-56(60)57-54(53-64-65(61,62)63-52-51-58(3,4)5)55(59)49-47-45-43-41-39-37-21-19-17-15-13-11-9-7-2/h18,20,23-24,54-55,59H,6-17,19,21-22,25-53H2,1-5H3,(H-,57,60,61,62)/b20-18-,24-23-. The largest absolute Gasteiger partial charge is 0.756 e. The first-order valence-electron chi connectivity index (χ1n) is 28.2. The highest BCUT2D eigenvalue weighted by molar-refractivity contribution is 7.45. The van der Waals surface area contributed by atoms with Gasteiger partial charge in [-0.25, -0.2) is 0 Å². The average Bonchev–Trinajstić information content (AvgIpc) is 3.26. The molecule has 3 unspecified atom stereocenters. The number of allylic oxidation sites excluding steroid dienone is 4. The number of aliphatic hydroxyl groups excluding tert-OH is 1. The van der Waals surface area contributed by atoms with Crippen molar-refractivity contribution in [1.29, 1.82) is 0 Å². The van der Waals surface area contributed by atoms with Crippen molar-refractivity contribution in [3.8, 4) is 0 Å². The van der Waals surface area contributed by atoms with Crippen molar-refractivity contribution in [2.24, 2.45) is 0 Å². The molecule has 2 N–H and O–H groups in total. The Hall–Kier alpha value is -1.02. The molecule has 0 aliphatic carbocycles. The highest BCUT2D eigenvalue weighted by Gasteiger charge is 2.24. The Bertz CT molecular complexity index is 1110. The first-order valence-corrected chi connectivity index (χ1v) is 29.6. The average molecular weight is 939 g/mol. The van der Waals surface area contributed by atoms with Crippen LogP contribution < -0.4 is 10.2 Å². The molecule has 0 saturated heterocycles. The number of hydrogen-bond acceptors (Lipinski definition) is 6. The molecule has 0 aliphatic heterocycles. The second-order valence-corrected chi connectivity index (χ2v) is 22.1. The number of amides is 1. The molecule has 65 heavy (non-hydrogen) atoms. The van der Waals surface area contributed by atoms with Crippen LogP contribution in [-0.2, 0) is 18.4 Å². The van der Waals surface area contributed by atoms with Crippen LogP contribution in [0.15, 0.2) is 24.3 Å². The third-order valence-electron chi connectivity index (χ3n) is 12.9. The van der Waals surface area contributed by atoms with Gasteiger partial charge in [0.15, 0.2) is 0 Å². The predicted octanol–water partition coefficient (Wildman–Crippen LogP) is 16.2. The van der Waals surface area contributed by atoms with E-state index in [4.69, 9.17) is 9.05 Å². The van der Waals surface area contributed by atoms with Crippen LogP contribution in [0.4, 0.5) is 0 Å². The molecule has 0 fully saturated rings. The maximum absolute atomic E-state index is 13.0. The van der Waals surface area contributed by atoms with Crippen molar-refractivity contribution in [1.82, 2.24) is 5.32 Å². The zero-order chi connectivity index (χ0) is 47.8. The Morgan fingerprint density at radius 3 is 1.28 bits per heavy atom. The lowest BCUT2D eigenvalue weighted by molar-refractivity contribution is -0.870. The molecule has 386 valence electrons. The summed E-state index contributed by atoms with van der Waals surface area (Å²) in [6.45, 7) is 4.74. The monoisotopic (exact) mass is 939 g/mol. The highest BCUT2D eigenvalue weighted by Crippen LogP contribution is 2.38. The lowest BCUT2D eigenvalue weighted by atomic mass is 10.0. The number of unbranched alkanes of at least 4 members (excludes halogenated alkanes) is 35. The number of hydrogen-bond donors (Lipinski definition) is 2. The Kier molecular flexibility index (Phi) is 47.3. The molecule has 0 aromatic heterocycles. The molecule has 0 aliphatic rings. The number of nitrogens with zero attached hydrogens (tertiary/aromatic N) is 1. The summed E-state index contributed by atoms with van der Waals surface area (Å²) in [7, 11) is 1.32. The number of likely N-dealkylation sites (N-methyl/N-ethyl adjacent to an activating group) is 1. The second kappa shape index (κ2) is 48.0. The summed E-state index contributed by atoms with van der Waals surface area (Å²) >= 11 is 0. The number of phosphoric acid groups is 1. The smallest absolute Gasteiger partial charge is 0.268 e. The fraction of sp³-hybridized carbons (Fsp3) is 0.911. The summed E-state index contributed by atoms with van der Waals surface area (Å²) in [5.74, 6) is -0.161. The molecular formula is C56H111N2O6P. The predicted molar refractivity (Wildman–Crippen MR) is 279 cm³/mol. The first-order chi connectivity index (χ1) is 31.5. The van der Waals surface area contributed by atoms with Crippen molar-refractivity contribution in [3.05, 3.63) is 24.3 Å². The molecule has 3 atom stereocenters. The fourth-order valence-corrected chi connectivity index (χ4v) is 9.21. The van der Waals surface area contributed by atoms with Crippen LogP contribution in [-0.4, -0.2) is 68.5 Å². The van der Waals surface area contributed by atoms with Gasteiger partial charge < -0.3 is 28.8 Å². The van der Waals surface area contributed by atoms with Gasteiger partial charge in [0.05, 0.1) is 39.9 Å². The zero-order valence-corrected chi connectivity index (χ0v) is 44.9. The lowest BCUT2D eigenvalue weighted by Gasteiger charge is -2.30. The summed E-state index contributed by atoms with van der Waals surface area (Å²) < 4.78 is 23.4. The van der Waals surface area contributed by atoms with Gasteiger partial charge in [-0.3, -0.25) is 9.36 Å². The number of aliphatic hydroxyl groups is 1. The van der Waals surface area contributed by atoms with Crippen LogP contribution in [0.1, 0.15) is 277 Å². The van der Waals surface area contributed by atoms with Gasteiger partial charge in [0.2, 0.25) is 5.91 Å². The zero-order valence-electron chi connectivity index (χ0n) is 44.0. The van der Waals surface area contributed by atoms with E-state index in [1.54, 1.807) is 0 Å². The van der Waals surface area contributed by atoms with Crippen molar-refractivity contribution in [2.45, 2.75) is 289 Å². The molecule has 0 radical (unpaired) electrons. The topological polar surface area (TPSA) is 108 Å². The van der Waals surface area contributed by atoms with Crippen molar-refractivity contribution in [3.63, 3.8) is 0 Å². The number of quaternary nitrogens is 1. The van der Waals surface area contributed by atoms with E-state index in [1.165, 1.54) is 205 Å². The van der Waals surface area contributed by atoms with E-state index in [2.05, 4.69) is 43.5 Å². The summed E-state index contributed by atoms with van der Waals surface area (Å²) in [5, 5.41) is 14.0. The van der Waals surface area contributed by atoms with Crippen molar-refractivity contribution >= 4 is 13.7 Å². The van der Waals surface area contributed by atoms with Gasteiger partial charge in [-0.1, -0.05) is 250 Å². The minimum absolute atomic E-state index is 0.0142. The van der Waals surface area contributed by atoms with Gasteiger partial charge in [0, 0.05) is 6.42 Å². The highest BCUT2D eigenvalue weighted by atomic mass is 31.2. The Morgan fingerprint density at radius 2 is 0.892 bits per heavy atom. The van der Waals surface area contributed by atoms with Crippen molar-refractivity contribution in [2.75, 3.05) is 40.9 Å². The molecule has 0 heterocycles. The van der Waals surface area contributed by atoms with Crippen LogP contribution >= 0.6 is 7.82 Å². The summed E-state index contributed by atoms with van der Waals surface area (Å²) in [5.41, 5.74) is 0. The molecule has 0 rings (SSSR count). The Balaban J connectivity index is 4.05. The molecule has 0 spiro atoms. The maximum atomic E-state index is 13.0. The molecule has 9 heteroatoms. The Labute approximate surface area is 404 Å². The van der Waals surface area contributed by atoms with Gasteiger partial charge in [-0.2, -0.15) is 0 Å². The molecule has 0 saturated carbocycles. The number of carbonyl (C=O) groups excluding carboxylic acids is 1. The number of phosphoric ester groups is 1. The molecule has 0 aromatic rings. The SMILES string of the molecule is CCCCCCC/C=C\C/C=C\CCCCCCCCCCCCCCCCCCCC(=O)NC(COP(=O)([O-])OCC[N+](C)(C)C)C(O)CCCCCCCCCCCCCCCC. The third kappa shape index (κ3) is 50.7. The van der Waals surface area contributed by atoms with E-state index in [9.17, 15) is 19.4 Å². The molecular weight excluding hydrogens is 828 g/mol. The number of carbonyl (C=O) groups is 1. The van der Waals surface area contributed by atoms with E-state index < -0.39 is 20.0 Å². The summed E-state index contributed by atoms with van der Waals surface area (Å²) in [6, 6.07) is -0.797. The van der Waals surface area contributed by atoms with E-state index in [-0.39, 0.29) is 19.1 Å². The van der Waals surface area contributed by atoms with Gasteiger partial charge in [0.1, 0.15) is 13.2 Å². The summed E-state index contributed by atoms with van der Waals surface area (Å²) in [6.07, 6.45) is 59.2. The summed E-state index contributed by atoms with van der Waals surface area (Å²) in [4.78, 5) is 25.5. The van der Waals surface area contributed by atoms with Crippen LogP contribution in [0.2, 0.25) is 0 Å². The number of rotatable bonds is 52. The number of nitrogens with one attached hydrogen (secondary N) is 1. The third-order valence-corrected chi connectivity index (χ3v) is 13.9. The van der Waals surface area contributed by atoms with Crippen LogP contribution in [0.25, 0.3) is 0 Å². The Morgan fingerprint density at radius 1 is 0.538 bits per heavy atom. The minimum atomic E-state index is -4.57. The molecule has 8 nitrogen and oxygen atoms in total. The van der Waals surface area contributed by atoms with E-state index in [1.807, 2.05) is 21.1 Å². The first kappa shape index (κ1) is 64.0. The molecule has 1 amide bonds. The van der Waals surface area contributed by atoms with Crippen LogP contribution in [0.5, 0.6) is 0 Å². The van der Waals surface area contributed by atoms with Crippen molar-refractivity contribution < 1.29 is 32.9 Å². The lowest BCUT2D eigenvalue weighted by Crippen LogP contribution is -2.46. The normalized spacial score (nSPS) is 14.1. The molecule has 0 aromatic carbocycles. The maximum Gasteiger partial charge on any atom is 0.268 e.